The minimum atomic E-state index is -0.134. The van der Waals surface area contributed by atoms with Crippen LogP contribution in [-0.4, -0.2) is 17.7 Å². The topological polar surface area (TPSA) is 37.4 Å². The molecule has 4 rings (SSSR count). The molecule has 0 N–H and O–H groups in total. The van der Waals surface area contributed by atoms with E-state index >= 15 is 0 Å². The number of fused-ring (bicyclic) bond motifs is 3. The zero-order valence-electron chi connectivity index (χ0n) is 13.0. The molecule has 0 aromatic heterocycles. The lowest BCUT2D eigenvalue weighted by atomic mass is 9.85. The number of benzene rings is 2. The molecular weight excluding hydrogens is 286 g/mol. The molecule has 3 nitrogen and oxygen atoms in total. The second kappa shape index (κ2) is 5.20. The number of ketones is 1. The highest BCUT2D eigenvalue weighted by Crippen LogP contribution is 2.43. The van der Waals surface area contributed by atoms with E-state index in [1.165, 1.54) is 0 Å². The van der Waals surface area contributed by atoms with Crippen molar-refractivity contribution in [3.8, 4) is 0 Å². The highest BCUT2D eigenvalue weighted by atomic mass is 16.2. The van der Waals surface area contributed by atoms with Crippen LogP contribution in [-0.2, 0) is 4.79 Å². The predicted octanol–water partition coefficient (Wildman–Crippen LogP) is 3.85. The zero-order valence-corrected chi connectivity index (χ0v) is 13.0. The summed E-state index contributed by atoms with van der Waals surface area (Å²) >= 11 is 0. The second-order valence-electron chi connectivity index (χ2n) is 6.07. The van der Waals surface area contributed by atoms with Gasteiger partial charge in [0.1, 0.15) is 0 Å². The first kappa shape index (κ1) is 13.9. The summed E-state index contributed by atoms with van der Waals surface area (Å²) in [6.45, 7) is 2.00. The van der Waals surface area contributed by atoms with Gasteiger partial charge in [-0.1, -0.05) is 48.5 Å². The van der Waals surface area contributed by atoms with Crippen LogP contribution in [0.1, 0.15) is 35.7 Å². The summed E-state index contributed by atoms with van der Waals surface area (Å²) in [6.07, 6.45) is 1.20. The van der Waals surface area contributed by atoms with Gasteiger partial charge in [0.05, 0.1) is 11.7 Å². The van der Waals surface area contributed by atoms with Gasteiger partial charge >= 0.3 is 0 Å². The Morgan fingerprint density at radius 1 is 1.04 bits per heavy atom. The van der Waals surface area contributed by atoms with Gasteiger partial charge in [0, 0.05) is 23.1 Å². The van der Waals surface area contributed by atoms with E-state index < -0.39 is 0 Å². The van der Waals surface area contributed by atoms with E-state index in [-0.39, 0.29) is 17.7 Å². The first-order chi connectivity index (χ1) is 11.2. The molecule has 2 aliphatic rings. The average Bonchev–Trinajstić information content (AvgIpc) is 2.97. The lowest BCUT2D eigenvalue weighted by Crippen LogP contribution is -2.39. The van der Waals surface area contributed by atoms with Gasteiger partial charge in [-0.2, -0.15) is 0 Å². The Bertz CT molecular complexity index is 836. The highest BCUT2D eigenvalue weighted by Gasteiger charge is 2.42. The first-order valence-corrected chi connectivity index (χ1v) is 7.90. The summed E-state index contributed by atoms with van der Waals surface area (Å²) in [4.78, 5) is 27.3. The summed E-state index contributed by atoms with van der Waals surface area (Å²) in [5.41, 5.74) is 4.35. The van der Waals surface area contributed by atoms with Crippen LogP contribution in [0.15, 0.2) is 60.2 Å². The molecule has 2 aromatic rings. The van der Waals surface area contributed by atoms with E-state index in [2.05, 4.69) is 0 Å². The number of anilines is 1. The maximum absolute atomic E-state index is 13.1. The van der Waals surface area contributed by atoms with Crippen LogP contribution < -0.4 is 4.90 Å². The Hall–Kier alpha value is -2.68. The van der Waals surface area contributed by atoms with Crippen molar-refractivity contribution in [2.75, 3.05) is 4.90 Å². The zero-order chi connectivity index (χ0) is 16.0. The number of hydrogen-bond donors (Lipinski definition) is 0. The summed E-state index contributed by atoms with van der Waals surface area (Å²) in [7, 11) is 0. The molecule has 1 amide bonds. The van der Waals surface area contributed by atoms with Crippen LogP contribution in [0.4, 0.5) is 5.69 Å². The molecule has 1 unspecified atom stereocenters. The maximum Gasteiger partial charge on any atom is 0.227 e. The molecule has 2 aliphatic heterocycles. The molecule has 2 aromatic carbocycles. The van der Waals surface area contributed by atoms with Gasteiger partial charge in [0.15, 0.2) is 5.78 Å². The normalized spacial score (nSPS) is 19.6. The fourth-order valence-electron chi connectivity index (χ4n) is 3.72. The van der Waals surface area contributed by atoms with Gasteiger partial charge in [-0.25, -0.2) is 0 Å². The number of hydrogen-bond acceptors (Lipinski definition) is 2. The van der Waals surface area contributed by atoms with Crippen LogP contribution in [0.3, 0.4) is 0 Å². The highest BCUT2D eigenvalue weighted by molar-refractivity contribution is 6.18. The molecule has 1 atom stereocenters. The predicted molar refractivity (Wildman–Crippen MR) is 90.3 cm³/mol. The number of amides is 1. The number of para-hydroxylation sites is 1. The van der Waals surface area contributed by atoms with Crippen molar-refractivity contribution in [2.45, 2.75) is 25.8 Å². The van der Waals surface area contributed by atoms with E-state index in [4.69, 9.17) is 0 Å². The molecule has 0 spiro atoms. The van der Waals surface area contributed by atoms with Gasteiger partial charge in [-0.15, -0.1) is 0 Å². The number of carbonyl (C=O) groups excluding carboxylic acids is 2. The monoisotopic (exact) mass is 303 g/mol. The van der Waals surface area contributed by atoms with Crippen molar-refractivity contribution < 1.29 is 9.59 Å². The van der Waals surface area contributed by atoms with Crippen molar-refractivity contribution in [3.05, 3.63) is 71.3 Å². The quantitative estimate of drug-likeness (QED) is 0.790. The van der Waals surface area contributed by atoms with Gasteiger partial charge in [-0.05, 0) is 25.0 Å². The van der Waals surface area contributed by atoms with Gasteiger partial charge in [0.25, 0.3) is 0 Å². The molecule has 0 aliphatic carbocycles. The maximum atomic E-state index is 13.1. The fraction of sp³-hybridized carbons (Fsp3) is 0.200. The smallest absolute Gasteiger partial charge is 0.227 e. The average molecular weight is 303 g/mol. The number of Topliss-reactive ketones (excluding diaryl/α,β-unsaturated/α-hetero) is 1. The van der Waals surface area contributed by atoms with Crippen LogP contribution in [0.2, 0.25) is 0 Å². The van der Waals surface area contributed by atoms with Gasteiger partial charge < -0.3 is 4.90 Å². The minimum Gasteiger partial charge on any atom is -0.304 e. The Kier molecular flexibility index (Phi) is 3.15. The van der Waals surface area contributed by atoms with Crippen LogP contribution >= 0.6 is 0 Å². The molecule has 23 heavy (non-hydrogen) atoms. The number of nitrogens with zero attached hydrogens (tertiary/aromatic N) is 1. The van der Waals surface area contributed by atoms with Crippen molar-refractivity contribution in [1.29, 1.82) is 0 Å². The molecule has 0 saturated carbocycles. The standard InChI is InChI=1S/C20H17NO2/c1-13-15-9-5-6-10-16(15)21-17(11-12-18(21)22)19(13)20(23)14-7-3-2-4-8-14/h2-10,17H,11-12H2,1H3. The van der Waals surface area contributed by atoms with Crippen molar-refractivity contribution in [1.82, 2.24) is 0 Å². The lowest BCUT2D eigenvalue weighted by Gasteiger charge is -2.34. The largest absolute Gasteiger partial charge is 0.304 e. The molecule has 114 valence electrons. The van der Waals surface area contributed by atoms with E-state index in [0.29, 0.717) is 18.4 Å². The van der Waals surface area contributed by atoms with E-state index in [1.54, 1.807) is 0 Å². The SMILES string of the molecule is CC1=C(C(=O)c2ccccc2)C2CCC(=O)N2c2ccccc21. The second-order valence-corrected chi connectivity index (χ2v) is 6.07. The van der Waals surface area contributed by atoms with Crippen LogP contribution in [0.5, 0.6) is 0 Å². The number of rotatable bonds is 2. The van der Waals surface area contributed by atoms with E-state index in [0.717, 1.165) is 22.4 Å². The third kappa shape index (κ3) is 2.04. The molecule has 1 fully saturated rings. The Labute approximate surface area is 135 Å². The Balaban J connectivity index is 1.91. The van der Waals surface area contributed by atoms with Gasteiger partial charge in [-0.3, -0.25) is 9.59 Å². The third-order valence-electron chi connectivity index (χ3n) is 4.80. The lowest BCUT2D eigenvalue weighted by molar-refractivity contribution is -0.117. The first-order valence-electron chi connectivity index (χ1n) is 7.90. The molecular formula is C20H17NO2. The minimum absolute atomic E-state index is 0.0299. The van der Waals surface area contributed by atoms with Gasteiger partial charge in [0.2, 0.25) is 5.91 Å². The molecule has 0 bridgehead atoms. The number of allylic oxidation sites excluding steroid dienone is 1. The molecule has 1 saturated heterocycles. The summed E-state index contributed by atoms with van der Waals surface area (Å²) in [5.74, 6) is 0.135. The van der Waals surface area contributed by atoms with Crippen LogP contribution in [0.25, 0.3) is 5.57 Å². The summed E-state index contributed by atoms with van der Waals surface area (Å²) in [5, 5.41) is 0. The van der Waals surface area contributed by atoms with E-state index in [9.17, 15) is 9.59 Å². The Morgan fingerprint density at radius 2 is 1.74 bits per heavy atom. The molecule has 0 radical (unpaired) electrons. The molecule has 3 heteroatoms. The van der Waals surface area contributed by atoms with Crippen molar-refractivity contribution in [3.63, 3.8) is 0 Å². The van der Waals surface area contributed by atoms with Crippen LogP contribution in [0, 0.1) is 0 Å². The van der Waals surface area contributed by atoms with E-state index in [1.807, 2.05) is 66.4 Å². The summed E-state index contributed by atoms with van der Waals surface area (Å²) in [6, 6.07) is 17.0. The molecule has 2 heterocycles. The van der Waals surface area contributed by atoms with Crippen molar-refractivity contribution in [2.24, 2.45) is 0 Å². The van der Waals surface area contributed by atoms with Crippen molar-refractivity contribution >= 4 is 23.0 Å². The third-order valence-corrected chi connectivity index (χ3v) is 4.80. The fourth-order valence-corrected chi connectivity index (χ4v) is 3.72. The summed E-state index contributed by atoms with van der Waals surface area (Å²) < 4.78 is 0. The number of carbonyl (C=O) groups is 2. The Morgan fingerprint density at radius 3 is 2.52 bits per heavy atom.